The zero-order valence-electron chi connectivity index (χ0n) is 8.67. The van der Waals surface area contributed by atoms with Gasteiger partial charge in [0, 0.05) is 5.56 Å². The lowest BCUT2D eigenvalue weighted by Gasteiger charge is -2.02. The number of benzene rings is 1. The van der Waals surface area contributed by atoms with Gasteiger partial charge in [0.25, 0.3) is 5.91 Å². The highest BCUT2D eigenvalue weighted by molar-refractivity contribution is 5.93. The molecule has 0 bridgehead atoms. The molecule has 84 valence electrons. The molecular formula is C11H11NO4. The summed E-state index contributed by atoms with van der Waals surface area (Å²) < 4.78 is 4.32. The normalized spacial score (nSPS) is 9.81. The standard InChI is InChI=1S/C11H11NO4/c1-15-10(13)7-8-16-12-11(14)9-5-3-2-4-6-9/h2-8H,1H3,(H,12,14)/b8-7-. The van der Waals surface area contributed by atoms with Crippen LogP contribution in [0.2, 0.25) is 0 Å². The number of rotatable bonds is 4. The second-order valence-corrected chi connectivity index (χ2v) is 2.74. The van der Waals surface area contributed by atoms with E-state index in [1.54, 1.807) is 30.3 Å². The van der Waals surface area contributed by atoms with E-state index in [9.17, 15) is 9.59 Å². The molecule has 0 unspecified atom stereocenters. The lowest BCUT2D eigenvalue weighted by molar-refractivity contribution is -0.135. The minimum absolute atomic E-state index is 0.393. The Bertz CT molecular complexity index is 386. The van der Waals surface area contributed by atoms with Gasteiger partial charge in [-0.25, -0.2) is 4.79 Å². The third-order valence-corrected chi connectivity index (χ3v) is 1.66. The van der Waals surface area contributed by atoms with Crippen molar-refractivity contribution in [3.63, 3.8) is 0 Å². The van der Waals surface area contributed by atoms with Gasteiger partial charge in [-0.3, -0.25) is 4.79 Å². The number of esters is 1. The molecule has 1 N–H and O–H groups in total. The first-order chi connectivity index (χ1) is 7.74. The molecule has 0 aliphatic carbocycles. The van der Waals surface area contributed by atoms with Gasteiger partial charge in [0.1, 0.15) is 6.26 Å². The van der Waals surface area contributed by atoms with Crippen LogP contribution in [-0.4, -0.2) is 19.0 Å². The van der Waals surface area contributed by atoms with Crippen molar-refractivity contribution in [2.75, 3.05) is 7.11 Å². The minimum Gasteiger partial charge on any atom is -0.466 e. The van der Waals surface area contributed by atoms with Crippen LogP contribution >= 0.6 is 0 Å². The van der Waals surface area contributed by atoms with E-state index in [2.05, 4.69) is 15.1 Å². The molecule has 1 aromatic rings. The summed E-state index contributed by atoms with van der Waals surface area (Å²) in [5, 5.41) is 0. The zero-order chi connectivity index (χ0) is 11.8. The molecule has 16 heavy (non-hydrogen) atoms. The molecule has 1 rings (SSSR count). The van der Waals surface area contributed by atoms with Crippen molar-refractivity contribution in [3.05, 3.63) is 48.2 Å². The molecule has 0 saturated carbocycles. The molecule has 0 fully saturated rings. The summed E-state index contributed by atoms with van der Waals surface area (Å²) in [7, 11) is 1.25. The summed E-state index contributed by atoms with van der Waals surface area (Å²) >= 11 is 0. The Kier molecular flexibility index (Phi) is 4.59. The Morgan fingerprint density at radius 1 is 1.25 bits per heavy atom. The van der Waals surface area contributed by atoms with Crippen LogP contribution in [0.3, 0.4) is 0 Å². The Hall–Kier alpha value is -2.30. The highest BCUT2D eigenvalue weighted by Crippen LogP contribution is 1.97. The predicted molar refractivity (Wildman–Crippen MR) is 56.1 cm³/mol. The Morgan fingerprint density at radius 3 is 2.56 bits per heavy atom. The lowest BCUT2D eigenvalue weighted by Crippen LogP contribution is -2.21. The number of methoxy groups -OCH3 is 1. The molecule has 0 heterocycles. The largest absolute Gasteiger partial charge is 0.466 e. The van der Waals surface area contributed by atoms with Gasteiger partial charge in [-0.15, -0.1) is 0 Å². The van der Waals surface area contributed by atoms with Crippen molar-refractivity contribution < 1.29 is 19.2 Å². The third kappa shape index (κ3) is 3.83. The summed E-state index contributed by atoms with van der Waals surface area (Å²) in [4.78, 5) is 26.6. The van der Waals surface area contributed by atoms with Crippen molar-refractivity contribution >= 4 is 11.9 Å². The highest BCUT2D eigenvalue weighted by Gasteiger charge is 2.02. The van der Waals surface area contributed by atoms with Crippen LogP contribution in [0.15, 0.2) is 42.7 Å². The van der Waals surface area contributed by atoms with Crippen LogP contribution in [0, 0.1) is 0 Å². The molecule has 0 saturated heterocycles. The SMILES string of the molecule is COC(=O)/C=C\ONC(=O)c1ccccc1. The number of amides is 1. The molecule has 5 nitrogen and oxygen atoms in total. The lowest BCUT2D eigenvalue weighted by atomic mass is 10.2. The number of nitrogens with one attached hydrogen (secondary N) is 1. The first kappa shape index (κ1) is 11.8. The third-order valence-electron chi connectivity index (χ3n) is 1.66. The van der Waals surface area contributed by atoms with Gasteiger partial charge in [0.2, 0.25) is 0 Å². The van der Waals surface area contributed by atoms with Crippen molar-refractivity contribution in [1.29, 1.82) is 0 Å². The Balaban J connectivity index is 2.37. The topological polar surface area (TPSA) is 64.6 Å². The maximum absolute atomic E-state index is 11.4. The summed E-state index contributed by atoms with van der Waals surface area (Å²) in [6, 6.07) is 8.55. The van der Waals surface area contributed by atoms with Crippen molar-refractivity contribution in [1.82, 2.24) is 5.48 Å². The van der Waals surface area contributed by atoms with Crippen LogP contribution in [-0.2, 0) is 14.4 Å². The fourth-order valence-electron chi connectivity index (χ4n) is 0.894. The van der Waals surface area contributed by atoms with Gasteiger partial charge >= 0.3 is 5.97 Å². The molecule has 1 aromatic carbocycles. The summed E-state index contributed by atoms with van der Waals surface area (Å²) in [5.41, 5.74) is 2.61. The molecule has 1 amide bonds. The second kappa shape index (κ2) is 6.23. The highest BCUT2D eigenvalue weighted by atomic mass is 16.6. The second-order valence-electron chi connectivity index (χ2n) is 2.74. The van der Waals surface area contributed by atoms with E-state index in [4.69, 9.17) is 0 Å². The molecule has 0 aromatic heterocycles. The summed E-state index contributed by atoms with van der Waals surface area (Å²) in [6.07, 6.45) is 2.08. The fourth-order valence-corrected chi connectivity index (χ4v) is 0.894. The van der Waals surface area contributed by atoms with E-state index in [0.29, 0.717) is 5.56 Å². The quantitative estimate of drug-likeness (QED) is 0.357. The van der Waals surface area contributed by atoms with Crippen molar-refractivity contribution in [2.45, 2.75) is 0 Å². The molecule has 0 aliphatic heterocycles. The molecule has 5 heteroatoms. The van der Waals surface area contributed by atoms with E-state index in [-0.39, 0.29) is 0 Å². The van der Waals surface area contributed by atoms with E-state index in [1.807, 2.05) is 0 Å². The number of hydrogen-bond donors (Lipinski definition) is 1. The molecule has 0 radical (unpaired) electrons. The first-order valence-electron chi connectivity index (χ1n) is 4.49. The fraction of sp³-hybridized carbons (Fsp3) is 0.0909. The monoisotopic (exact) mass is 221 g/mol. The smallest absolute Gasteiger partial charge is 0.333 e. The van der Waals surface area contributed by atoms with Crippen LogP contribution in [0.25, 0.3) is 0 Å². The number of hydroxylamine groups is 1. The first-order valence-corrected chi connectivity index (χ1v) is 4.49. The predicted octanol–water partition coefficient (Wildman–Crippen LogP) is 1.03. The van der Waals surface area contributed by atoms with Gasteiger partial charge in [0.15, 0.2) is 0 Å². The number of hydrogen-bond acceptors (Lipinski definition) is 4. The number of carbonyl (C=O) groups excluding carboxylic acids is 2. The molecule has 0 atom stereocenters. The van der Waals surface area contributed by atoms with Gasteiger partial charge < -0.3 is 9.57 Å². The number of carbonyl (C=O) groups is 2. The number of ether oxygens (including phenoxy) is 1. The van der Waals surface area contributed by atoms with E-state index >= 15 is 0 Å². The van der Waals surface area contributed by atoms with Gasteiger partial charge in [-0.2, -0.15) is 5.48 Å². The molecule has 0 aliphatic rings. The molecule has 0 spiro atoms. The average molecular weight is 221 g/mol. The van der Waals surface area contributed by atoms with E-state index in [1.165, 1.54) is 7.11 Å². The van der Waals surface area contributed by atoms with E-state index in [0.717, 1.165) is 12.3 Å². The van der Waals surface area contributed by atoms with Crippen LogP contribution in [0.1, 0.15) is 10.4 Å². The van der Waals surface area contributed by atoms with Gasteiger partial charge in [-0.05, 0) is 12.1 Å². The maximum atomic E-state index is 11.4. The maximum Gasteiger partial charge on any atom is 0.333 e. The van der Waals surface area contributed by atoms with Crippen LogP contribution in [0.5, 0.6) is 0 Å². The Labute approximate surface area is 92.6 Å². The minimum atomic E-state index is -0.561. The van der Waals surface area contributed by atoms with E-state index < -0.39 is 11.9 Å². The Morgan fingerprint density at radius 2 is 1.94 bits per heavy atom. The van der Waals surface area contributed by atoms with Crippen LogP contribution < -0.4 is 5.48 Å². The van der Waals surface area contributed by atoms with Gasteiger partial charge in [0.05, 0.1) is 13.2 Å². The summed E-state index contributed by atoms with van der Waals surface area (Å²) in [6.45, 7) is 0. The molecular weight excluding hydrogens is 210 g/mol. The van der Waals surface area contributed by atoms with Crippen molar-refractivity contribution in [3.8, 4) is 0 Å². The van der Waals surface area contributed by atoms with Gasteiger partial charge in [-0.1, -0.05) is 18.2 Å². The summed E-state index contributed by atoms with van der Waals surface area (Å²) in [5.74, 6) is -0.955. The average Bonchev–Trinajstić information content (AvgIpc) is 2.35. The van der Waals surface area contributed by atoms with Crippen LogP contribution in [0.4, 0.5) is 0 Å². The van der Waals surface area contributed by atoms with Crippen molar-refractivity contribution in [2.24, 2.45) is 0 Å². The zero-order valence-corrected chi connectivity index (χ0v) is 8.67.